The number of hydrogen-bond acceptors (Lipinski definition) is 5. The summed E-state index contributed by atoms with van der Waals surface area (Å²) in [5.74, 6) is 2.67. The Bertz CT molecular complexity index is 813. The first-order chi connectivity index (χ1) is 14.6. The lowest BCUT2D eigenvalue weighted by Gasteiger charge is -2.33. The number of rotatable bonds is 8. The van der Waals surface area contributed by atoms with Crippen molar-refractivity contribution in [3.63, 3.8) is 0 Å². The fourth-order valence-corrected chi connectivity index (χ4v) is 4.04. The molecule has 30 heavy (non-hydrogen) atoms. The molecule has 1 saturated heterocycles. The van der Waals surface area contributed by atoms with Gasteiger partial charge in [0.15, 0.2) is 5.96 Å². The van der Waals surface area contributed by atoms with Crippen LogP contribution in [0.2, 0.25) is 0 Å². The van der Waals surface area contributed by atoms with Crippen molar-refractivity contribution in [1.29, 1.82) is 0 Å². The fourth-order valence-electron chi connectivity index (χ4n) is 4.04. The molecule has 1 aliphatic heterocycles. The summed E-state index contributed by atoms with van der Waals surface area (Å²) in [6, 6.07) is 4.23. The van der Waals surface area contributed by atoms with Crippen LogP contribution in [-0.2, 0) is 6.54 Å². The lowest BCUT2D eigenvalue weighted by atomic mass is 10.1. The van der Waals surface area contributed by atoms with Gasteiger partial charge in [-0.1, -0.05) is 6.42 Å². The molecular weight excluding hydrogens is 378 g/mol. The van der Waals surface area contributed by atoms with Crippen LogP contribution in [0, 0.1) is 13.8 Å². The van der Waals surface area contributed by atoms with Crippen molar-refractivity contribution >= 4 is 5.96 Å². The van der Waals surface area contributed by atoms with Crippen LogP contribution in [0.4, 0.5) is 0 Å². The van der Waals surface area contributed by atoms with Gasteiger partial charge in [-0.3, -0.25) is 9.88 Å². The SMILES string of the molecule is CCNC(=NCc1ncc(C)c(OC)c1C)NCC(c1ccco1)N1CCCCC1. The van der Waals surface area contributed by atoms with E-state index >= 15 is 0 Å². The topological polar surface area (TPSA) is 74.9 Å². The predicted molar refractivity (Wildman–Crippen MR) is 120 cm³/mol. The third-order valence-electron chi connectivity index (χ3n) is 5.65. The number of piperidine rings is 1. The van der Waals surface area contributed by atoms with E-state index in [2.05, 4.69) is 33.5 Å². The molecule has 0 radical (unpaired) electrons. The number of likely N-dealkylation sites (tertiary alicyclic amines) is 1. The minimum Gasteiger partial charge on any atom is -0.496 e. The second-order valence-corrected chi connectivity index (χ2v) is 7.75. The van der Waals surface area contributed by atoms with Gasteiger partial charge >= 0.3 is 0 Å². The van der Waals surface area contributed by atoms with Crippen LogP contribution in [0.15, 0.2) is 34.0 Å². The van der Waals surface area contributed by atoms with Crippen molar-refractivity contribution in [2.75, 3.05) is 33.3 Å². The molecule has 0 aromatic carbocycles. The first kappa shape index (κ1) is 22.2. The number of guanidine groups is 1. The van der Waals surface area contributed by atoms with Crippen LogP contribution in [0.1, 0.15) is 54.8 Å². The quantitative estimate of drug-likeness (QED) is 0.509. The number of nitrogens with zero attached hydrogens (tertiary/aromatic N) is 3. The first-order valence-corrected chi connectivity index (χ1v) is 10.9. The van der Waals surface area contributed by atoms with Gasteiger partial charge in [0.25, 0.3) is 0 Å². The van der Waals surface area contributed by atoms with Crippen LogP contribution in [0.25, 0.3) is 0 Å². The van der Waals surface area contributed by atoms with Gasteiger partial charge in [-0.05, 0) is 58.8 Å². The van der Waals surface area contributed by atoms with Crippen LogP contribution in [0.5, 0.6) is 5.75 Å². The molecule has 1 atom stereocenters. The number of nitrogens with one attached hydrogen (secondary N) is 2. The van der Waals surface area contributed by atoms with Crippen LogP contribution in [-0.4, -0.2) is 49.1 Å². The van der Waals surface area contributed by atoms with Gasteiger partial charge in [-0.15, -0.1) is 0 Å². The highest BCUT2D eigenvalue weighted by atomic mass is 16.5. The second kappa shape index (κ2) is 11.0. The molecule has 1 fully saturated rings. The average molecular weight is 414 g/mol. The van der Waals surface area contributed by atoms with E-state index in [1.807, 2.05) is 26.1 Å². The first-order valence-electron chi connectivity index (χ1n) is 10.9. The maximum absolute atomic E-state index is 5.76. The number of aromatic nitrogens is 1. The van der Waals surface area contributed by atoms with E-state index in [-0.39, 0.29) is 6.04 Å². The summed E-state index contributed by atoms with van der Waals surface area (Å²) in [6.07, 6.45) is 7.40. The molecule has 2 aromatic rings. The van der Waals surface area contributed by atoms with E-state index in [4.69, 9.17) is 14.1 Å². The summed E-state index contributed by atoms with van der Waals surface area (Å²) in [4.78, 5) is 11.8. The molecule has 164 valence electrons. The van der Waals surface area contributed by atoms with E-state index in [1.54, 1.807) is 13.4 Å². The Morgan fingerprint density at radius 3 is 2.73 bits per heavy atom. The molecule has 2 aromatic heterocycles. The Kier molecular flexibility index (Phi) is 8.13. The molecule has 7 heteroatoms. The van der Waals surface area contributed by atoms with Crippen molar-refractivity contribution in [1.82, 2.24) is 20.5 Å². The molecule has 0 saturated carbocycles. The molecule has 0 aliphatic carbocycles. The monoisotopic (exact) mass is 413 g/mol. The lowest BCUT2D eigenvalue weighted by Crippen LogP contribution is -2.44. The standard InChI is InChI=1S/C23H35N5O2/c1-5-24-23(26-15-19-18(3)22(29-4)17(2)14-25-19)27-16-20(21-10-9-13-30-21)28-11-7-6-8-12-28/h9-10,13-14,20H,5-8,11-12,15-16H2,1-4H3,(H2,24,26,27). The highest BCUT2D eigenvalue weighted by Gasteiger charge is 2.24. The predicted octanol–water partition coefficient (Wildman–Crippen LogP) is 3.58. The maximum Gasteiger partial charge on any atom is 0.191 e. The summed E-state index contributed by atoms with van der Waals surface area (Å²) in [5, 5.41) is 6.86. The van der Waals surface area contributed by atoms with E-state index in [1.165, 1.54) is 19.3 Å². The summed E-state index contributed by atoms with van der Waals surface area (Å²) in [6.45, 7) is 10.4. The van der Waals surface area contributed by atoms with Crippen LogP contribution in [0.3, 0.4) is 0 Å². The summed E-state index contributed by atoms with van der Waals surface area (Å²) >= 11 is 0. The second-order valence-electron chi connectivity index (χ2n) is 7.75. The van der Waals surface area contributed by atoms with Crippen molar-refractivity contribution in [2.45, 2.75) is 52.6 Å². The van der Waals surface area contributed by atoms with Gasteiger partial charge in [-0.25, -0.2) is 4.99 Å². The molecule has 1 aliphatic rings. The molecule has 3 heterocycles. The minimum atomic E-state index is 0.198. The lowest BCUT2D eigenvalue weighted by molar-refractivity contribution is 0.146. The van der Waals surface area contributed by atoms with Gasteiger partial charge in [0, 0.05) is 30.4 Å². The van der Waals surface area contributed by atoms with Gasteiger partial charge in [0.1, 0.15) is 11.5 Å². The number of ether oxygens (including phenoxy) is 1. The highest BCUT2D eigenvalue weighted by molar-refractivity contribution is 5.79. The summed E-state index contributed by atoms with van der Waals surface area (Å²) < 4.78 is 11.3. The Hall–Kier alpha value is -2.54. The maximum atomic E-state index is 5.76. The number of pyridine rings is 1. The zero-order valence-electron chi connectivity index (χ0n) is 18.7. The molecule has 2 N–H and O–H groups in total. The zero-order chi connectivity index (χ0) is 21.3. The van der Waals surface area contributed by atoms with Crippen LogP contribution < -0.4 is 15.4 Å². The number of furan rings is 1. The number of aryl methyl sites for hydroxylation is 1. The molecule has 0 bridgehead atoms. The van der Waals surface area contributed by atoms with Crippen molar-refractivity contribution in [3.8, 4) is 5.75 Å². The third kappa shape index (κ3) is 5.53. The number of hydrogen-bond donors (Lipinski definition) is 2. The average Bonchev–Trinajstić information content (AvgIpc) is 3.29. The number of methoxy groups -OCH3 is 1. The van der Waals surface area contributed by atoms with Crippen molar-refractivity contribution in [2.24, 2.45) is 4.99 Å². The van der Waals surface area contributed by atoms with Gasteiger partial charge in [0.05, 0.1) is 31.7 Å². The molecule has 7 nitrogen and oxygen atoms in total. The smallest absolute Gasteiger partial charge is 0.191 e. The number of aliphatic imine (C=N–C) groups is 1. The third-order valence-corrected chi connectivity index (χ3v) is 5.65. The van der Waals surface area contributed by atoms with Crippen LogP contribution >= 0.6 is 0 Å². The van der Waals surface area contributed by atoms with E-state index < -0.39 is 0 Å². The Labute approximate surface area is 179 Å². The molecule has 0 amide bonds. The summed E-state index contributed by atoms with van der Waals surface area (Å²) in [5.41, 5.74) is 3.00. The fraction of sp³-hybridized carbons (Fsp3) is 0.565. The van der Waals surface area contributed by atoms with Gasteiger partial charge < -0.3 is 19.8 Å². The summed E-state index contributed by atoms with van der Waals surface area (Å²) in [7, 11) is 1.70. The normalized spacial score (nSPS) is 16.3. The molecule has 1 unspecified atom stereocenters. The minimum absolute atomic E-state index is 0.198. The van der Waals surface area contributed by atoms with E-state index in [9.17, 15) is 0 Å². The van der Waals surface area contributed by atoms with Gasteiger partial charge in [0.2, 0.25) is 0 Å². The Morgan fingerprint density at radius 1 is 1.27 bits per heavy atom. The Balaban J connectivity index is 1.71. The zero-order valence-corrected chi connectivity index (χ0v) is 18.7. The Morgan fingerprint density at radius 2 is 2.07 bits per heavy atom. The molecule has 0 spiro atoms. The van der Waals surface area contributed by atoms with E-state index in [0.717, 1.165) is 60.5 Å². The largest absolute Gasteiger partial charge is 0.496 e. The van der Waals surface area contributed by atoms with Crippen molar-refractivity contribution < 1.29 is 9.15 Å². The van der Waals surface area contributed by atoms with Crippen molar-refractivity contribution in [3.05, 3.63) is 47.2 Å². The molecule has 3 rings (SSSR count). The highest BCUT2D eigenvalue weighted by Crippen LogP contribution is 2.25. The van der Waals surface area contributed by atoms with E-state index in [0.29, 0.717) is 6.54 Å². The molecular formula is C23H35N5O2. The van der Waals surface area contributed by atoms with Gasteiger partial charge in [-0.2, -0.15) is 0 Å².